The van der Waals surface area contributed by atoms with Gasteiger partial charge in [0.2, 0.25) is 5.91 Å². The molecule has 2 N–H and O–H groups in total. The van der Waals surface area contributed by atoms with Gasteiger partial charge in [-0.1, -0.05) is 43.2 Å². The molecule has 0 bridgehead atoms. The molecule has 1 aromatic carbocycles. The van der Waals surface area contributed by atoms with Crippen molar-refractivity contribution in [3.8, 4) is 0 Å². The number of carbonyl (C=O) groups is 1. The number of hydrogen-bond acceptors (Lipinski definition) is 2. The van der Waals surface area contributed by atoms with Crippen LogP contribution < -0.4 is 5.73 Å². The third kappa shape index (κ3) is 3.60. The van der Waals surface area contributed by atoms with Gasteiger partial charge in [-0.2, -0.15) is 0 Å². The number of carbonyl (C=O) groups excluding carboxylic acids is 1. The molecule has 1 amide bonds. The lowest BCUT2D eigenvalue weighted by Crippen LogP contribution is -2.50. The molecule has 1 heterocycles. The predicted molar refractivity (Wildman–Crippen MR) is 82.5 cm³/mol. The van der Waals surface area contributed by atoms with Gasteiger partial charge in [0.25, 0.3) is 0 Å². The molecule has 0 aliphatic carbocycles. The molecule has 110 valence electrons. The number of rotatable bonds is 4. The predicted octanol–water partition coefficient (Wildman–Crippen LogP) is 2.51. The summed E-state index contributed by atoms with van der Waals surface area (Å²) in [6.45, 7) is 5.73. The largest absolute Gasteiger partial charge is 0.338 e. The van der Waals surface area contributed by atoms with Gasteiger partial charge in [0.15, 0.2) is 0 Å². The first-order valence-corrected chi connectivity index (χ1v) is 7.69. The van der Waals surface area contributed by atoms with E-state index in [1.54, 1.807) is 0 Å². The molecule has 2 atom stereocenters. The summed E-state index contributed by atoms with van der Waals surface area (Å²) in [5, 5.41) is 0. The first kappa shape index (κ1) is 15.0. The van der Waals surface area contributed by atoms with Crippen LogP contribution in [0.5, 0.6) is 0 Å². The van der Waals surface area contributed by atoms with Crippen molar-refractivity contribution in [1.82, 2.24) is 4.90 Å². The first-order valence-electron chi connectivity index (χ1n) is 7.69. The molecule has 1 saturated heterocycles. The number of aryl methyl sites for hydroxylation is 1. The minimum Gasteiger partial charge on any atom is -0.338 e. The number of likely N-dealkylation sites (tertiary alicyclic amines) is 1. The minimum atomic E-state index is 0.221. The van der Waals surface area contributed by atoms with Gasteiger partial charge in [-0.3, -0.25) is 4.79 Å². The van der Waals surface area contributed by atoms with E-state index in [-0.39, 0.29) is 11.9 Å². The maximum atomic E-state index is 12.5. The first-order chi connectivity index (χ1) is 9.63. The standard InChI is InChI=1S/C17H26N2O/c1-3-14-8-9-19(16(10-14)12-18)17(20)11-15-6-4-13(2)5-7-15/h4-7,14,16H,3,8-12,18H2,1-2H3. The molecule has 3 heteroatoms. The van der Waals surface area contributed by atoms with Crippen LogP contribution in [0.15, 0.2) is 24.3 Å². The van der Waals surface area contributed by atoms with Crippen molar-refractivity contribution in [3.05, 3.63) is 35.4 Å². The van der Waals surface area contributed by atoms with E-state index < -0.39 is 0 Å². The summed E-state index contributed by atoms with van der Waals surface area (Å²) in [6, 6.07) is 8.44. The number of piperidine rings is 1. The van der Waals surface area contributed by atoms with Gasteiger partial charge >= 0.3 is 0 Å². The van der Waals surface area contributed by atoms with Gasteiger partial charge in [0.05, 0.1) is 6.42 Å². The highest BCUT2D eigenvalue weighted by Crippen LogP contribution is 2.25. The highest BCUT2D eigenvalue weighted by atomic mass is 16.2. The zero-order valence-electron chi connectivity index (χ0n) is 12.6. The number of hydrogen-bond donors (Lipinski definition) is 1. The zero-order valence-corrected chi connectivity index (χ0v) is 12.6. The fourth-order valence-corrected chi connectivity index (χ4v) is 3.04. The van der Waals surface area contributed by atoms with Crippen LogP contribution >= 0.6 is 0 Å². The van der Waals surface area contributed by atoms with Crippen LogP contribution in [0.25, 0.3) is 0 Å². The van der Waals surface area contributed by atoms with Crippen molar-refractivity contribution in [2.45, 2.75) is 45.6 Å². The van der Waals surface area contributed by atoms with Crippen molar-refractivity contribution >= 4 is 5.91 Å². The highest BCUT2D eigenvalue weighted by Gasteiger charge is 2.29. The molecule has 1 aliphatic rings. The third-order valence-electron chi connectivity index (χ3n) is 4.47. The van der Waals surface area contributed by atoms with Gasteiger partial charge in [-0.25, -0.2) is 0 Å². The second-order valence-corrected chi connectivity index (χ2v) is 5.94. The van der Waals surface area contributed by atoms with E-state index in [2.05, 4.69) is 26.0 Å². The summed E-state index contributed by atoms with van der Waals surface area (Å²) in [5.41, 5.74) is 8.19. The molecule has 0 aromatic heterocycles. The Labute approximate surface area is 122 Å². The van der Waals surface area contributed by atoms with Crippen molar-refractivity contribution < 1.29 is 4.79 Å². The van der Waals surface area contributed by atoms with Crippen molar-refractivity contribution in [1.29, 1.82) is 0 Å². The average Bonchev–Trinajstić information content (AvgIpc) is 2.48. The Morgan fingerprint density at radius 2 is 2.05 bits per heavy atom. The third-order valence-corrected chi connectivity index (χ3v) is 4.47. The molecule has 1 aliphatic heterocycles. The van der Waals surface area contributed by atoms with E-state index in [1.807, 2.05) is 17.0 Å². The SMILES string of the molecule is CCC1CCN(C(=O)Cc2ccc(C)cc2)C(CN)C1. The minimum absolute atomic E-state index is 0.221. The van der Waals surface area contributed by atoms with E-state index in [4.69, 9.17) is 5.73 Å². The van der Waals surface area contributed by atoms with Crippen LogP contribution in [0.1, 0.15) is 37.3 Å². The van der Waals surface area contributed by atoms with E-state index in [1.165, 1.54) is 12.0 Å². The lowest BCUT2D eigenvalue weighted by Gasteiger charge is -2.39. The molecule has 0 saturated carbocycles. The van der Waals surface area contributed by atoms with Gasteiger partial charge in [-0.05, 0) is 31.2 Å². The van der Waals surface area contributed by atoms with E-state index >= 15 is 0 Å². The summed E-state index contributed by atoms with van der Waals surface area (Å²) in [5.74, 6) is 0.950. The highest BCUT2D eigenvalue weighted by molar-refractivity contribution is 5.79. The molecular weight excluding hydrogens is 248 g/mol. The zero-order chi connectivity index (χ0) is 14.5. The van der Waals surface area contributed by atoms with Crippen molar-refractivity contribution in [2.75, 3.05) is 13.1 Å². The van der Waals surface area contributed by atoms with Gasteiger partial charge in [0.1, 0.15) is 0 Å². The normalized spacial score (nSPS) is 22.9. The van der Waals surface area contributed by atoms with E-state index in [0.717, 1.165) is 30.9 Å². The number of benzene rings is 1. The summed E-state index contributed by atoms with van der Waals surface area (Å²) in [6.07, 6.45) is 3.86. The summed E-state index contributed by atoms with van der Waals surface area (Å²) >= 11 is 0. The number of amides is 1. The molecule has 20 heavy (non-hydrogen) atoms. The van der Waals surface area contributed by atoms with Crippen LogP contribution in [0.2, 0.25) is 0 Å². The number of nitrogens with zero attached hydrogens (tertiary/aromatic N) is 1. The Kier molecular flexibility index (Phi) is 5.18. The maximum absolute atomic E-state index is 12.5. The molecule has 0 spiro atoms. The molecule has 1 aromatic rings. The fourth-order valence-electron chi connectivity index (χ4n) is 3.04. The molecule has 2 unspecified atom stereocenters. The molecular formula is C17H26N2O. The topological polar surface area (TPSA) is 46.3 Å². The monoisotopic (exact) mass is 274 g/mol. The molecule has 1 fully saturated rings. The Bertz CT molecular complexity index is 441. The van der Waals surface area contributed by atoms with Gasteiger partial charge in [-0.15, -0.1) is 0 Å². The van der Waals surface area contributed by atoms with Crippen molar-refractivity contribution in [2.24, 2.45) is 11.7 Å². The second kappa shape index (κ2) is 6.89. The number of nitrogens with two attached hydrogens (primary N) is 1. The smallest absolute Gasteiger partial charge is 0.227 e. The summed E-state index contributed by atoms with van der Waals surface area (Å²) < 4.78 is 0. The average molecular weight is 274 g/mol. The van der Waals surface area contributed by atoms with Crippen LogP contribution in [0, 0.1) is 12.8 Å². The second-order valence-electron chi connectivity index (χ2n) is 5.94. The van der Waals surface area contributed by atoms with Crippen LogP contribution in [0.4, 0.5) is 0 Å². The molecule has 3 nitrogen and oxygen atoms in total. The Balaban J connectivity index is 1.99. The van der Waals surface area contributed by atoms with Crippen LogP contribution in [0.3, 0.4) is 0 Å². The lowest BCUT2D eigenvalue weighted by molar-refractivity contribution is -0.134. The Morgan fingerprint density at radius 3 is 2.65 bits per heavy atom. The van der Waals surface area contributed by atoms with Crippen LogP contribution in [-0.2, 0) is 11.2 Å². The Morgan fingerprint density at radius 1 is 1.35 bits per heavy atom. The molecule has 0 radical (unpaired) electrons. The van der Waals surface area contributed by atoms with Crippen LogP contribution in [-0.4, -0.2) is 29.9 Å². The lowest BCUT2D eigenvalue weighted by atomic mass is 9.88. The molecule has 2 rings (SSSR count). The quantitative estimate of drug-likeness (QED) is 0.917. The summed E-state index contributed by atoms with van der Waals surface area (Å²) in [7, 11) is 0. The fraction of sp³-hybridized carbons (Fsp3) is 0.588. The van der Waals surface area contributed by atoms with E-state index in [0.29, 0.717) is 13.0 Å². The Hall–Kier alpha value is -1.35. The van der Waals surface area contributed by atoms with Gasteiger partial charge < -0.3 is 10.6 Å². The van der Waals surface area contributed by atoms with Crippen molar-refractivity contribution in [3.63, 3.8) is 0 Å². The summed E-state index contributed by atoms with van der Waals surface area (Å²) in [4.78, 5) is 14.5. The maximum Gasteiger partial charge on any atom is 0.227 e. The van der Waals surface area contributed by atoms with Gasteiger partial charge in [0, 0.05) is 19.1 Å². The van der Waals surface area contributed by atoms with E-state index in [9.17, 15) is 4.79 Å².